The standard InChI is InChI=1S/C14H22O3/c1-11-8-13(10-16)9-12(2)14(11)17-7-5-3-4-6-15/h8-9,15-16H,3-7,10H2,1-2H3. The minimum Gasteiger partial charge on any atom is -0.493 e. The Bertz CT molecular complexity index is 324. The van der Waals surface area contributed by atoms with Crippen LogP contribution < -0.4 is 4.74 Å². The quantitative estimate of drug-likeness (QED) is 0.717. The molecule has 0 aliphatic rings. The molecule has 0 fully saturated rings. The molecule has 0 atom stereocenters. The fraction of sp³-hybridized carbons (Fsp3) is 0.571. The van der Waals surface area contributed by atoms with Gasteiger partial charge < -0.3 is 14.9 Å². The lowest BCUT2D eigenvalue weighted by Crippen LogP contribution is -2.02. The van der Waals surface area contributed by atoms with Crippen molar-refractivity contribution < 1.29 is 14.9 Å². The van der Waals surface area contributed by atoms with Gasteiger partial charge in [-0.2, -0.15) is 0 Å². The first-order valence-electron chi connectivity index (χ1n) is 6.13. The van der Waals surface area contributed by atoms with Crippen molar-refractivity contribution in [3.8, 4) is 5.75 Å². The summed E-state index contributed by atoms with van der Waals surface area (Å²) in [6.45, 7) is 4.99. The first-order chi connectivity index (χ1) is 8.19. The van der Waals surface area contributed by atoms with Gasteiger partial charge in [-0.05, 0) is 49.8 Å². The van der Waals surface area contributed by atoms with Crippen LogP contribution in [0.25, 0.3) is 0 Å². The van der Waals surface area contributed by atoms with Crippen LogP contribution in [0, 0.1) is 13.8 Å². The normalized spacial score (nSPS) is 10.6. The molecule has 0 radical (unpaired) electrons. The number of hydrogen-bond donors (Lipinski definition) is 2. The first-order valence-corrected chi connectivity index (χ1v) is 6.13. The molecule has 0 aliphatic heterocycles. The van der Waals surface area contributed by atoms with Gasteiger partial charge in [-0.25, -0.2) is 0 Å². The summed E-state index contributed by atoms with van der Waals surface area (Å²) in [5, 5.41) is 17.8. The van der Waals surface area contributed by atoms with Crippen molar-refractivity contribution in [3.63, 3.8) is 0 Å². The molecule has 0 bridgehead atoms. The van der Waals surface area contributed by atoms with Crippen LogP contribution in [0.5, 0.6) is 5.75 Å². The van der Waals surface area contributed by atoms with E-state index in [4.69, 9.17) is 14.9 Å². The highest BCUT2D eigenvalue weighted by Gasteiger charge is 2.05. The van der Waals surface area contributed by atoms with E-state index >= 15 is 0 Å². The van der Waals surface area contributed by atoms with Crippen molar-refractivity contribution in [2.24, 2.45) is 0 Å². The van der Waals surface area contributed by atoms with Crippen LogP contribution in [0.4, 0.5) is 0 Å². The minimum absolute atomic E-state index is 0.0679. The zero-order chi connectivity index (χ0) is 12.7. The maximum atomic E-state index is 9.09. The summed E-state index contributed by atoms with van der Waals surface area (Å²) in [6, 6.07) is 3.91. The molecule has 0 spiro atoms. The van der Waals surface area contributed by atoms with Crippen molar-refractivity contribution in [1.29, 1.82) is 0 Å². The molecule has 1 rings (SSSR count). The Hall–Kier alpha value is -1.06. The van der Waals surface area contributed by atoms with Crippen molar-refractivity contribution in [2.45, 2.75) is 39.7 Å². The zero-order valence-corrected chi connectivity index (χ0v) is 10.7. The number of ether oxygens (including phenoxy) is 1. The van der Waals surface area contributed by atoms with Crippen LogP contribution in [0.15, 0.2) is 12.1 Å². The van der Waals surface area contributed by atoms with Crippen molar-refractivity contribution in [1.82, 2.24) is 0 Å². The first kappa shape index (κ1) is 14.0. The third-order valence-electron chi connectivity index (χ3n) is 2.75. The van der Waals surface area contributed by atoms with Crippen LogP contribution in [0.2, 0.25) is 0 Å². The molecular weight excluding hydrogens is 216 g/mol. The second-order valence-electron chi connectivity index (χ2n) is 4.35. The van der Waals surface area contributed by atoms with E-state index < -0.39 is 0 Å². The molecular formula is C14H22O3. The highest BCUT2D eigenvalue weighted by Crippen LogP contribution is 2.25. The van der Waals surface area contributed by atoms with E-state index in [-0.39, 0.29) is 13.2 Å². The number of unbranched alkanes of at least 4 members (excludes halogenated alkanes) is 2. The summed E-state index contributed by atoms with van der Waals surface area (Å²) in [6.07, 6.45) is 2.79. The van der Waals surface area contributed by atoms with Crippen LogP contribution in [0.3, 0.4) is 0 Å². The van der Waals surface area contributed by atoms with Gasteiger partial charge in [-0.1, -0.05) is 12.1 Å². The lowest BCUT2D eigenvalue weighted by molar-refractivity contribution is 0.264. The Balaban J connectivity index is 2.53. The Morgan fingerprint density at radius 1 is 1.00 bits per heavy atom. The summed E-state index contributed by atoms with van der Waals surface area (Å²) >= 11 is 0. The van der Waals surface area contributed by atoms with Crippen molar-refractivity contribution >= 4 is 0 Å². The van der Waals surface area contributed by atoms with E-state index in [1.807, 2.05) is 26.0 Å². The topological polar surface area (TPSA) is 49.7 Å². The molecule has 17 heavy (non-hydrogen) atoms. The molecule has 0 heterocycles. The average molecular weight is 238 g/mol. The molecule has 3 heteroatoms. The van der Waals surface area contributed by atoms with Gasteiger partial charge in [0, 0.05) is 6.61 Å². The summed E-state index contributed by atoms with van der Waals surface area (Å²) in [5.41, 5.74) is 3.06. The van der Waals surface area contributed by atoms with E-state index in [0.29, 0.717) is 6.61 Å². The van der Waals surface area contributed by atoms with E-state index in [1.165, 1.54) is 0 Å². The van der Waals surface area contributed by atoms with Crippen LogP contribution in [0.1, 0.15) is 36.0 Å². The Morgan fingerprint density at radius 3 is 2.18 bits per heavy atom. The minimum atomic E-state index is 0.0679. The number of hydrogen-bond acceptors (Lipinski definition) is 3. The third-order valence-corrected chi connectivity index (χ3v) is 2.75. The summed E-state index contributed by atoms with van der Waals surface area (Å²) in [5.74, 6) is 0.922. The second kappa shape index (κ2) is 7.30. The molecule has 0 unspecified atom stereocenters. The van der Waals surface area contributed by atoms with Gasteiger partial charge in [0.25, 0.3) is 0 Å². The molecule has 0 aromatic heterocycles. The summed E-state index contributed by atoms with van der Waals surface area (Å²) in [7, 11) is 0. The molecule has 2 N–H and O–H groups in total. The van der Waals surface area contributed by atoms with E-state index in [9.17, 15) is 0 Å². The molecule has 0 amide bonds. The highest BCUT2D eigenvalue weighted by molar-refractivity contribution is 5.43. The Morgan fingerprint density at radius 2 is 1.65 bits per heavy atom. The predicted molar refractivity (Wildman–Crippen MR) is 68.3 cm³/mol. The van der Waals surface area contributed by atoms with Crippen molar-refractivity contribution in [3.05, 3.63) is 28.8 Å². The van der Waals surface area contributed by atoms with E-state index in [1.54, 1.807) is 0 Å². The lowest BCUT2D eigenvalue weighted by Gasteiger charge is -2.13. The van der Waals surface area contributed by atoms with Crippen molar-refractivity contribution in [2.75, 3.05) is 13.2 Å². The number of aryl methyl sites for hydroxylation is 2. The monoisotopic (exact) mass is 238 g/mol. The number of aliphatic hydroxyl groups is 2. The number of benzene rings is 1. The molecule has 3 nitrogen and oxygen atoms in total. The molecule has 96 valence electrons. The van der Waals surface area contributed by atoms with Crippen LogP contribution in [-0.2, 0) is 6.61 Å². The summed E-state index contributed by atoms with van der Waals surface area (Å²) < 4.78 is 5.75. The van der Waals surface area contributed by atoms with Gasteiger partial charge in [-0.15, -0.1) is 0 Å². The maximum Gasteiger partial charge on any atom is 0.125 e. The fourth-order valence-electron chi connectivity index (χ4n) is 1.92. The fourth-order valence-corrected chi connectivity index (χ4v) is 1.92. The number of aliphatic hydroxyl groups excluding tert-OH is 2. The highest BCUT2D eigenvalue weighted by atomic mass is 16.5. The van der Waals surface area contributed by atoms with E-state index in [2.05, 4.69) is 0 Å². The Labute approximate surface area is 103 Å². The van der Waals surface area contributed by atoms with Gasteiger partial charge in [0.2, 0.25) is 0 Å². The zero-order valence-electron chi connectivity index (χ0n) is 10.7. The Kier molecular flexibility index (Phi) is 6.01. The molecule has 0 aliphatic carbocycles. The lowest BCUT2D eigenvalue weighted by atomic mass is 10.1. The number of rotatable bonds is 7. The largest absolute Gasteiger partial charge is 0.493 e. The average Bonchev–Trinajstić information content (AvgIpc) is 2.31. The summed E-state index contributed by atoms with van der Waals surface area (Å²) in [4.78, 5) is 0. The maximum absolute atomic E-state index is 9.09. The second-order valence-corrected chi connectivity index (χ2v) is 4.35. The van der Waals surface area contributed by atoms with Gasteiger partial charge in [0.15, 0.2) is 0 Å². The van der Waals surface area contributed by atoms with Crippen LogP contribution in [-0.4, -0.2) is 23.4 Å². The van der Waals surface area contributed by atoms with Gasteiger partial charge in [0.1, 0.15) is 5.75 Å². The predicted octanol–water partition coefficient (Wildman–Crippen LogP) is 2.34. The van der Waals surface area contributed by atoms with Crippen LogP contribution >= 0.6 is 0 Å². The molecule has 0 saturated carbocycles. The third kappa shape index (κ3) is 4.36. The van der Waals surface area contributed by atoms with Gasteiger partial charge >= 0.3 is 0 Å². The molecule has 1 aromatic carbocycles. The van der Waals surface area contributed by atoms with Gasteiger partial charge in [0.05, 0.1) is 13.2 Å². The smallest absolute Gasteiger partial charge is 0.125 e. The van der Waals surface area contributed by atoms with Gasteiger partial charge in [-0.3, -0.25) is 0 Å². The molecule has 1 aromatic rings. The van der Waals surface area contributed by atoms with E-state index in [0.717, 1.165) is 41.7 Å². The molecule has 0 saturated heterocycles. The SMILES string of the molecule is Cc1cc(CO)cc(C)c1OCCCCCO.